The molecule has 9 N–H and O–H groups in total. The summed E-state index contributed by atoms with van der Waals surface area (Å²) >= 11 is 0. The molecular weight excluding hydrogens is 967 g/mol. The summed E-state index contributed by atoms with van der Waals surface area (Å²) in [6.07, 6.45) is 39.6. The van der Waals surface area contributed by atoms with E-state index in [1.165, 1.54) is 186 Å². The molecular formula is C62H119NO13. The van der Waals surface area contributed by atoms with Crippen LogP contribution < -0.4 is 5.32 Å². The highest BCUT2D eigenvalue weighted by Gasteiger charge is 2.51. The molecule has 2 heterocycles. The molecule has 0 saturated carbocycles. The number of allylic oxidation sites excluding steroid dienone is 2. The van der Waals surface area contributed by atoms with E-state index in [2.05, 4.69) is 31.3 Å². The highest BCUT2D eigenvalue weighted by Crippen LogP contribution is 2.30. The summed E-state index contributed by atoms with van der Waals surface area (Å²) in [5.41, 5.74) is 0. The quantitative estimate of drug-likeness (QED) is 0.0204. The Morgan fingerprint density at radius 1 is 0.461 bits per heavy atom. The van der Waals surface area contributed by atoms with Crippen LogP contribution in [0.2, 0.25) is 0 Å². The third-order valence-electron chi connectivity index (χ3n) is 16.0. The molecule has 12 atom stereocenters. The van der Waals surface area contributed by atoms with Crippen molar-refractivity contribution in [3.8, 4) is 0 Å². The predicted octanol–water partition coefficient (Wildman–Crippen LogP) is 11.5. The first-order chi connectivity index (χ1) is 37.1. The van der Waals surface area contributed by atoms with Crippen molar-refractivity contribution in [2.75, 3.05) is 19.8 Å². The van der Waals surface area contributed by atoms with Crippen molar-refractivity contribution < 1.29 is 64.6 Å². The maximum Gasteiger partial charge on any atom is 0.220 e. The van der Waals surface area contributed by atoms with Crippen LogP contribution in [-0.2, 0) is 23.7 Å². The van der Waals surface area contributed by atoms with Crippen LogP contribution in [0.4, 0.5) is 0 Å². The second kappa shape index (κ2) is 48.4. The molecule has 2 rings (SSSR count). The van der Waals surface area contributed by atoms with Crippen LogP contribution in [0.25, 0.3) is 0 Å². The first kappa shape index (κ1) is 70.8. The lowest BCUT2D eigenvalue weighted by atomic mass is 9.97. The highest BCUT2D eigenvalue weighted by atomic mass is 16.7. The Balaban J connectivity index is 1.64. The second-order valence-electron chi connectivity index (χ2n) is 22.9. The molecule has 2 aliphatic rings. The van der Waals surface area contributed by atoms with Crippen molar-refractivity contribution in [2.24, 2.45) is 0 Å². The Morgan fingerprint density at radius 2 is 0.829 bits per heavy atom. The van der Waals surface area contributed by atoms with Gasteiger partial charge in [0.2, 0.25) is 5.91 Å². The van der Waals surface area contributed by atoms with Crippen molar-refractivity contribution in [3.63, 3.8) is 0 Å². The number of ether oxygens (including phenoxy) is 4. The molecule has 0 radical (unpaired) electrons. The van der Waals surface area contributed by atoms with E-state index in [-0.39, 0.29) is 12.5 Å². The van der Waals surface area contributed by atoms with E-state index < -0.39 is 86.8 Å². The number of aliphatic hydroxyl groups is 8. The van der Waals surface area contributed by atoms with Gasteiger partial charge in [-0.25, -0.2) is 0 Å². The van der Waals surface area contributed by atoms with Gasteiger partial charge in [-0.2, -0.15) is 0 Å². The number of aliphatic hydroxyl groups excluding tert-OH is 8. The van der Waals surface area contributed by atoms with E-state index in [9.17, 15) is 45.6 Å². The summed E-state index contributed by atoms with van der Waals surface area (Å²) in [5, 5.41) is 87.2. The van der Waals surface area contributed by atoms with Crippen molar-refractivity contribution >= 4 is 5.91 Å². The smallest absolute Gasteiger partial charge is 0.220 e. The molecule has 0 aromatic heterocycles. The standard InChI is InChI=1S/C62H119NO13/c1-3-5-7-9-11-13-15-17-18-19-20-21-22-23-24-25-26-27-28-29-30-31-32-33-34-35-37-39-41-43-45-51(66)50(63-54(67)46-44-42-40-38-36-16-14-12-10-8-6-4-2)49-73-61-59(72)57(70)60(53(48-65)75-61)76-62-58(71)56(69)55(68)52(47-64)74-62/h12,14,50-53,55-62,64-66,68-72H,3-11,13,15-49H2,1-2H3,(H,63,67)/b14-12-. The van der Waals surface area contributed by atoms with Gasteiger partial charge in [0.05, 0.1) is 32.0 Å². The fraction of sp³-hybridized carbons (Fsp3) is 0.952. The molecule has 14 nitrogen and oxygen atoms in total. The molecule has 2 fully saturated rings. The minimum Gasteiger partial charge on any atom is -0.394 e. The number of hydrogen-bond donors (Lipinski definition) is 9. The van der Waals surface area contributed by atoms with Crippen LogP contribution in [0.15, 0.2) is 12.2 Å². The summed E-state index contributed by atoms with van der Waals surface area (Å²) in [4.78, 5) is 13.2. The molecule has 12 unspecified atom stereocenters. The number of hydrogen-bond acceptors (Lipinski definition) is 13. The van der Waals surface area contributed by atoms with Crippen LogP contribution in [0.1, 0.15) is 284 Å². The monoisotopic (exact) mass is 1090 g/mol. The molecule has 0 aromatic rings. The second-order valence-corrected chi connectivity index (χ2v) is 22.9. The van der Waals surface area contributed by atoms with E-state index in [1.807, 2.05) is 0 Å². The number of amides is 1. The van der Waals surface area contributed by atoms with E-state index in [4.69, 9.17) is 18.9 Å². The Morgan fingerprint density at radius 3 is 1.28 bits per heavy atom. The van der Waals surface area contributed by atoms with Crippen LogP contribution in [0, 0.1) is 0 Å². The SMILES string of the molecule is CCCCC/C=C\CCCCCCCC(=O)NC(COC1OC(CO)C(OC2OC(CO)C(O)C(O)C2O)C(O)C1O)C(O)CCCCCCCCCCCCCCCCCCCCCCCCCCCCCCCC. The van der Waals surface area contributed by atoms with Crippen molar-refractivity contribution in [1.29, 1.82) is 0 Å². The molecule has 14 heteroatoms. The largest absolute Gasteiger partial charge is 0.394 e. The van der Waals surface area contributed by atoms with Gasteiger partial charge in [0.15, 0.2) is 12.6 Å². The number of carbonyl (C=O) groups excluding carboxylic acids is 1. The van der Waals surface area contributed by atoms with E-state index in [0.717, 1.165) is 64.2 Å². The zero-order valence-electron chi connectivity index (χ0n) is 48.5. The van der Waals surface area contributed by atoms with Gasteiger partial charge in [0.1, 0.15) is 48.8 Å². The van der Waals surface area contributed by atoms with Crippen molar-refractivity contribution in [2.45, 2.75) is 357 Å². The maximum atomic E-state index is 13.2. The van der Waals surface area contributed by atoms with E-state index in [1.54, 1.807) is 0 Å². The summed E-state index contributed by atoms with van der Waals surface area (Å²) in [6, 6.07) is -0.830. The summed E-state index contributed by atoms with van der Waals surface area (Å²) < 4.78 is 22.8. The normalized spacial score (nSPS) is 24.9. The van der Waals surface area contributed by atoms with Crippen LogP contribution in [-0.4, -0.2) is 140 Å². The molecule has 2 aliphatic heterocycles. The predicted molar refractivity (Wildman–Crippen MR) is 305 cm³/mol. The van der Waals surface area contributed by atoms with Crippen LogP contribution >= 0.6 is 0 Å². The van der Waals surface area contributed by atoms with Gasteiger partial charge in [-0.15, -0.1) is 0 Å². The van der Waals surface area contributed by atoms with Gasteiger partial charge in [0.25, 0.3) is 0 Å². The fourth-order valence-electron chi connectivity index (χ4n) is 10.8. The average molecular weight is 1090 g/mol. The molecule has 0 spiro atoms. The number of rotatable bonds is 52. The Hall–Kier alpha value is -1.27. The average Bonchev–Trinajstić information content (AvgIpc) is 3.42. The summed E-state index contributed by atoms with van der Waals surface area (Å²) in [7, 11) is 0. The topological polar surface area (TPSA) is 228 Å². The molecule has 2 saturated heterocycles. The zero-order chi connectivity index (χ0) is 55.3. The molecule has 450 valence electrons. The first-order valence-electron chi connectivity index (χ1n) is 31.9. The number of carbonyl (C=O) groups is 1. The first-order valence-corrected chi connectivity index (χ1v) is 31.9. The zero-order valence-corrected chi connectivity index (χ0v) is 48.5. The van der Waals surface area contributed by atoms with Gasteiger partial charge in [0, 0.05) is 6.42 Å². The summed E-state index contributed by atoms with van der Waals surface area (Å²) in [5.74, 6) is -0.213. The van der Waals surface area contributed by atoms with Crippen molar-refractivity contribution in [3.05, 3.63) is 12.2 Å². The lowest BCUT2D eigenvalue weighted by molar-refractivity contribution is -0.359. The van der Waals surface area contributed by atoms with Crippen molar-refractivity contribution in [1.82, 2.24) is 5.32 Å². The number of unbranched alkanes of at least 4 members (excludes halogenated alkanes) is 37. The molecule has 0 aromatic carbocycles. The fourth-order valence-corrected chi connectivity index (χ4v) is 10.8. The molecule has 0 aliphatic carbocycles. The highest BCUT2D eigenvalue weighted by molar-refractivity contribution is 5.76. The van der Waals surface area contributed by atoms with E-state index >= 15 is 0 Å². The number of nitrogens with one attached hydrogen (secondary N) is 1. The maximum absolute atomic E-state index is 13.2. The third kappa shape index (κ3) is 33.5. The van der Waals surface area contributed by atoms with Gasteiger partial charge in [-0.05, 0) is 38.5 Å². The lowest BCUT2D eigenvalue weighted by Gasteiger charge is -2.46. The molecule has 0 bridgehead atoms. The summed E-state index contributed by atoms with van der Waals surface area (Å²) in [6.45, 7) is 2.86. The van der Waals surface area contributed by atoms with E-state index in [0.29, 0.717) is 19.3 Å². The molecule has 1 amide bonds. The Kier molecular flexibility index (Phi) is 45.1. The Bertz CT molecular complexity index is 1330. The van der Waals surface area contributed by atoms with Gasteiger partial charge < -0.3 is 65.1 Å². The van der Waals surface area contributed by atoms with Crippen LogP contribution in [0.3, 0.4) is 0 Å². The third-order valence-corrected chi connectivity index (χ3v) is 16.0. The minimum atomic E-state index is -1.78. The minimum absolute atomic E-state index is 0.213. The molecule has 76 heavy (non-hydrogen) atoms. The van der Waals surface area contributed by atoms with Crippen LogP contribution in [0.5, 0.6) is 0 Å². The van der Waals surface area contributed by atoms with Gasteiger partial charge in [-0.3, -0.25) is 4.79 Å². The Labute approximate surface area is 463 Å². The lowest BCUT2D eigenvalue weighted by Crippen LogP contribution is -2.65. The van der Waals surface area contributed by atoms with Gasteiger partial charge in [-0.1, -0.05) is 251 Å². The van der Waals surface area contributed by atoms with Gasteiger partial charge >= 0.3 is 0 Å².